The average molecular weight is 506 g/mol. The molecular formula is C26H24BrN3O3. The highest BCUT2D eigenvalue weighted by Gasteiger charge is 2.21. The third-order valence-electron chi connectivity index (χ3n) is 5.52. The minimum absolute atomic E-state index is 0.153. The summed E-state index contributed by atoms with van der Waals surface area (Å²) in [4.78, 5) is 25.0. The summed E-state index contributed by atoms with van der Waals surface area (Å²) >= 11 is 3.42. The highest BCUT2D eigenvalue weighted by atomic mass is 79.9. The van der Waals surface area contributed by atoms with Gasteiger partial charge in [0.05, 0.1) is 28.5 Å². The molecule has 0 saturated heterocycles. The lowest BCUT2D eigenvalue weighted by molar-refractivity contribution is 0.0517. The van der Waals surface area contributed by atoms with Crippen molar-refractivity contribution >= 4 is 38.6 Å². The molecule has 1 atom stereocenters. The SMILES string of the molecule is CCOC(=O)c1nn(-c2ccc(C(=O)NC(C)c3cccc4ccccc34)cc2)c(C)c1Br. The van der Waals surface area contributed by atoms with Gasteiger partial charge in [0.1, 0.15) is 0 Å². The van der Waals surface area contributed by atoms with Crippen molar-refractivity contribution in [2.45, 2.75) is 26.8 Å². The number of aromatic nitrogens is 2. The first-order valence-electron chi connectivity index (χ1n) is 10.7. The molecule has 33 heavy (non-hydrogen) atoms. The molecule has 0 spiro atoms. The van der Waals surface area contributed by atoms with Gasteiger partial charge in [0.2, 0.25) is 0 Å². The zero-order valence-corrected chi connectivity index (χ0v) is 20.2. The van der Waals surface area contributed by atoms with Crippen LogP contribution in [-0.4, -0.2) is 28.3 Å². The summed E-state index contributed by atoms with van der Waals surface area (Å²) in [6.45, 7) is 5.86. The summed E-state index contributed by atoms with van der Waals surface area (Å²) in [7, 11) is 0. The average Bonchev–Trinajstić information content (AvgIpc) is 3.13. The molecule has 3 aromatic carbocycles. The van der Waals surface area contributed by atoms with Crippen LogP contribution in [0.15, 0.2) is 71.2 Å². The van der Waals surface area contributed by atoms with Crippen molar-refractivity contribution in [2.24, 2.45) is 0 Å². The van der Waals surface area contributed by atoms with Crippen molar-refractivity contribution in [1.29, 1.82) is 0 Å². The number of rotatable bonds is 6. The number of carbonyl (C=O) groups excluding carboxylic acids is 2. The van der Waals surface area contributed by atoms with Gasteiger partial charge in [0, 0.05) is 5.56 Å². The molecule has 7 heteroatoms. The van der Waals surface area contributed by atoms with E-state index in [2.05, 4.69) is 44.5 Å². The lowest BCUT2D eigenvalue weighted by Gasteiger charge is -2.17. The first kappa shape index (κ1) is 22.7. The van der Waals surface area contributed by atoms with Gasteiger partial charge in [0.15, 0.2) is 5.69 Å². The number of esters is 1. The number of fused-ring (bicyclic) bond motifs is 1. The standard InChI is InChI=1S/C26H24BrN3O3/c1-4-33-26(32)24-23(27)17(3)30(29-24)20-14-12-19(13-15-20)25(31)28-16(2)21-11-7-9-18-8-5-6-10-22(18)21/h5-16H,4H2,1-3H3,(H,28,31). The van der Waals surface area contributed by atoms with Gasteiger partial charge in [-0.05, 0) is 77.3 Å². The smallest absolute Gasteiger partial charge is 0.360 e. The third-order valence-corrected chi connectivity index (χ3v) is 6.47. The fourth-order valence-electron chi connectivity index (χ4n) is 3.80. The van der Waals surface area contributed by atoms with Crippen LogP contribution in [0, 0.1) is 6.92 Å². The molecule has 1 unspecified atom stereocenters. The molecule has 168 valence electrons. The molecule has 0 saturated carbocycles. The van der Waals surface area contributed by atoms with Gasteiger partial charge in [-0.25, -0.2) is 9.48 Å². The molecular weight excluding hydrogens is 482 g/mol. The minimum atomic E-state index is -0.482. The topological polar surface area (TPSA) is 73.2 Å². The van der Waals surface area contributed by atoms with Gasteiger partial charge in [-0.15, -0.1) is 0 Å². The van der Waals surface area contributed by atoms with E-state index in [1.165, 1.54) is 0 Å². The van der Waals surface area contributed by atoms with Gasteiger partial charge in [-0.2, -0.15) is 5.10 Å². The molecule has 4 aromatic rings. The lowest BCUT2D eigenvalue weighted by Crippen LogP contribution is -2.26. The molecule has 1 N–H and O–H groups in total. The van der Waals surface area contributed by atoms with Crippen LogP contribution in [0.2, 0.25) is 0 Å². The summed E-state index contributed by atoms with van der Waals surface area (Å²) < 4.78 is 7.31. The predicted octanol–water partition coefficient (Wildman–Crippen LogP) is 5.76. The van der Waals surface area contributed by atoms with Crippen molar-refractivity contribution in [3.8, 4) is 5.69 Å². The largest absolute Gasteiger partial charge is 0.461 e. The molecule has 4 rings (SSSR count). The number of hydrogen-bond acceptors (Lipinski definition) is 4. The van der Waals surface area contributed by atoms with Crippen LogP contribution in [0.3, 0.4) is 0 Å². The van der Waals surface area contributed by atoms with E-state index in [1.54, 1.807) is 35.9 Å². The first-order chi connectivity index (χ1) is 15.9. The van der Waals surface area contributed by atoms with Crippen LogP contribution >= 0.6 is 15.9 Å². The normalized spacial score (nSPS) is 11.9. The van der Waals surface area contributed by atoms with Crippen LogP contribution in [-0.2, 0) is 4.74 Å². The molecule has 1 heterocycles. The summed E-state index contributed by atoms with van der Waals surface area (Å²) in [5, 5.41) is 9.74. The van der Waals surface area contributed by atoms with Crippen molar-refractivity contribution in [3.63, 3.8) is 0 Å². The van der Waals surface area contributed by atoms with E-state index in [9.17, 15) is 9.59 Å². The number of hydrogen-bond donors (Lipinski definition) is 1. The number of halogens is 1. The third kappa shape index (κ3) is 4.54. The number of nitrogens with one attached hydrogen (secondary N) is 1. The van der Waals surface area contributed by atoms with E-state index in [4.69, 9.17) is 4.74 Å². The van der Waals surface area contributed by atoms with Crippen LogP contribution in [0.1, 0.15) is 52.0 Å². The number of ether oxygens (including phenoxy) is 1. The number of amides is 1. The Morgan fingerprint density at radius 2 is 1.76 bits per heavy atom. The number of benzene rings is 3. The fraction of sp³-hybridized carbons (Fsp3) is 0.192. The highest BCUT2D eigenvalue weighted by molar-refractivity contribution is 9.10. The van der Waals surface area contributed by atoms with Crippen LogP contribution in [0.5, 0.6) is 0 Å². The van der Waals surface area contributed by atoms with Gasteiger partial charge in [0.25, 0.3) is 5.91 Å². The minimum Gasteiger partial charge on any atom is -0.461 e. The molecule has 0 aliphatic carbocycles. The zero-order chi connectivity index (χ0) is 23.5. The summed E-state index contributed by atoms with van der Waals surface area (Å²) in [6, 6.07) is 21.2. The second-order valence-corrected chi connectivity index (χ2v) is 8.48. The Hall–Kier alpha value is -3.45. The van der Waals surface area contributed by atoms with Gasteiger partial charge in [-0.3, -0.25) is 4.79 Å². The van der Waals surface area contributed by atoms with Crippen molar-refractivity contribution < 1.29 is 14.3 Å². The second-order valence-electron chi connectivity index (χ2n) is 7.69. The Kier molecular flexibility index (Phi) is 6.60. The Morgan fingerprint density at radius 1 is 1.06 bits per heavy atom. The molecule has 0 fully saturated rings. The second kappa shape index (κ2) is 9.58. The van der Waals surface area contributed by atoms with Gasteiger partial charge < -0.3 is 10.1 Å². The van der Waals surface area contributed by atoms with Crippen LogP contribution in [0.4, 0.5) is 0 Å². The Balaban J connectivity index is 1.53. The maximum Gasteiger partial charge on any atom is 0.360 e. The number of nitrogens with zero attached hydrogens (tertiary/aromatic N) is 2. The van der Waals surface area contributed by atoms with E-state index >= 15 is 0 Å². The number of carbonyl (C=O) groups is 2. The molecule has 0 aliphatic rings. The van der Waals surface area contributed by atoms with Crippen molar-refractivity contribution in [2.75, 3.05) is 6.61 Å². The van der Waals surface area contributed by atoms with Gasteiger partial charge in [-0.1, -0.05) is 42.5 Å². The summed E-state index contributed by atoms with van der Waals surface area (Å²) in [6.07, 6.45) is 0. The molecule has 0 aliphatic heterocycles. The Bertz CT molecular complexity index is 1320. The van der Waals surface area contributed by atoms with E-state index in [0.29, 0.717) is 10.0 Å². The molecule has 1 amide bonds. The fourth-order valence-corrected chi connectivity index (χ4v) is 4.21. The molecule has 1 aromatic heterocycles. The molecule has 6 nitrogen and oxygen atoms in total. The van der Waals surface area contributed by atoms with E-state index in [0.717, 1.165) is 27.7 Å². The zero-order valence-electron chi connectivity index (χ0n) is 18.6. The summed E-state index contributed by atoms with van der Waals surface area (Å²) in [5.74, 6) is -0.641. The van der Waals surface area contributed by atoms with Crippen molar-refractivity contribution in [3.05, 3.63) is 93.7 Å². The molecule has 0 radical (unpaired) electrons. The maximum atomic E-state index is 12.9. The van der Waals surface area contributed by atoms with E-state index < -0.39 is 5.97 Å². The predicted molar refractivity (Wildman–Crippen MR) is 132 cm³/mol. The van der Waals surface area contributed by atoms with E-state index in [-0.39, 0.29) is 24.2 Å². The first-order valence-corrected chi connectivity index (χ1v) is 11.5. The van der Waals surface area contributed by atoms with Crippen molar-refractivity contribution in [1.82, 2.24) is 15.1 Å². The Morgan fingerprint density at radius 3 is 2.48 bits per heavy atom. The summed E-state index contributed by atoms with van der Waals surface area (Å²) in [5.41, 5.74) is 3.34. The lowest BCUT2D eigenvalue weighted by atomic mass is 9.99. The monoisotopic (exact) mass is 505 g/mol. The van der Waals surface area contributed by atoms with E-state index in [1.807, 2.05) is 38.1 Å². The van der Waals surface area contributed by atoms with Crippen LogP contribution in [0.25, 0.3) is 16.5 Å². The maximum absolute atomic E-state index is 12.9. The highest BCUT2D eigenvalue weighted by Crippen LogP contribution is 2.26. The Labute approximate surface area is 200 Å². The quantitative estimate of drug-likeness (QED) is 0.338. The van der Waals surface area contributed by atoms with Gasteiger partial charge >= 0.3 is 5.97 Å². The molecule has 0 bridgehead atoms. The van der Waals surface area contributed by atoms with Crippen LogP contribution < -0.4 is 5.32 Å².